The standard InChI is InChI=1S/C10H8BrFN2O/c11-9-8(5-15)13-10(14-9)6-1-3-7(12)4-2-6/h1-4,15H,5H2,(H,13,14). The SMILES string of the molecule is OCc1[nH]c(-c2ccc(F)cc2)nc1Br. The second-order valence-electron chi connectivity index (χ2n) is 3.02. The number of rotatable bonds is 2. The van der Waals surface area contributed by atoms with Crippen molar-refractivity contribution < 1.29 is 9.50 Å². The molecule has 0 unspecified atom stereocenters. The van der Waals surface area contributed by atoms with Gasteiger partial charge in [0.25, 0.3) is 0 Å². The van der Waals surface area contributed by atoms with Gasteiger partial charge in [0, 0.05) is 5.56 Å². The molecule has 0 aliphatic rings. The molecule has 1 aromatic heterocycles. The largest absolute Gasteiger partial charge is 0.390 e. The summed E-state index contributed by atoms with van der Waals surface area (Å²) in [5.74, 6) is 0.317. The summed E-state index contributed by atoms with van der Waals surface area (Å²) in [6.07, 6.45) is 0. The molecule has 1 aromatic carbocycles. The normalized spacial score (nSPS) is 10.6. The third-order valence-corrected chi connectivity index (χ3v) is 2.66. The molecule has 0 bridgehead atoms. The summed E-state index contributed by atoms with van der Waals surface area (Å²) in [6.45, 7) is -0.116. The van der Waals surface area contributed by atoms with Gasteiger partial charge in [0.2, 0.25) is 0 Å². The molecular formula is C10H8BrFN2O. The van der Waals surface area contributed by atoms with Crippen LogP contribution < -0.4 is 0 Å². The lowest BCUT2D eigenvalue weighted by molar-refractivity contribution is 0.276. The Balaban J connectivity index is 2.41. The van der Waals surface area contributed by atoms with Gasteiger partial charge < -0.3 is 10.1 Å². The molecule has 3 nitrogen and oxygen atoms in total. The summed E-state index contributed by atoms with van der Waals surface area (Å²) in [4.78, 5) is 7.10. The maximum atomic E-state index is 12.7. The summed E-state index contributed by atoms with van der Waals surface area (Å²) >= 11 is 3.21. The fraction of sp³-hybridized carbons (Fsp3) is 0.100. The zero-order valence-corrected chi connectivity index (χ0v) is 9.25. The Morgan fingerprint density at radius 3 is 2.53 bits per heavy atom. The van der Waals surface area contributed by atoms with Gasteiger partial charge in [0.15, 0.2) is 0 Å². The Morgan fingerprint density at radius 2 is 2.00 bits per heavy atom. The lowest BCUT2D eigenvalue weighted by atomic mass is 10.2. The Kier molecular flexibility index (Phi) is 2.83. The number of hydrogen-bond donors (Lipinski definition) is 2. The van der Waals surface area contributed by atoms with Crippen LogP contribution in [0.3, 0.4) is 0 Å². The van der Waals surface area contributed by atoms with Gasteiger partial charge >= 0.3 is 0 Å². The van der Waals surface area contributed by atoms with Gasteiger partial charge in [-0.1, -0.05) is 0 Å². The van der Waals surface area contributed by atoms with Crippen molar-refractivity contribution in [1.29, 1.82) is 0 Å². The Hall–Kier alpha value is -1.20. The third kappa shape index (κ3) is 2.08. The number of nitrogens with zero attached hydrogens (tertiary/aromatic N) is 1. The quantitative estimate of drug-likeness (QED) is 0.881. The molecule has 0 saturated heterocycles. The fourth-order valence-electron chi connectivity index (χ4n) is 1.24. The van der Waals surface area contributed by atoms with Crippen LogP contribution in [0.1, 0.15) is 5.69 Å². The van der Waals surface area contributed by atoms with Crippen LogP contribution >= 0.6 is 15.9 Å². The first-order valence-corrected chi connectivity index (χ1v) is 5.11. The zero-order chi connectivity index (χ0) is 10.8. The van der Waals surface area contributed by atoms with E-state index in [0.29, 0.717) is 16.1 Å². The number of benzene rings is 1. The molecule has 0 amide bonds. The maximum Gasteiger partial charge on any atom is 0.138 e. The molecule has 0 atom stereocenters. The highest BCUT2D eigenvalue weighted by molar-refractivity contribution is 9.10. The van der Waals surface area contributed by atoms with E-state index in [-0.39, 0.29) is 12.4 Å². The van der Waals surface area contributed by atoms with E-state index < -0.39 is 0 Å². The predicted molar refractivity (Wildman–Crippen MR) is 57.6 cm³/mol. The zero-order valence-electron chi connectivity index (χ0n) is 7.67. The Labute approximate surface area is 94.1 Å². The first-order chi connectivity index (χ1) is 7.20. The Bertz CT molecular complexity index is 467. The summed E-state index contributed by atoms with van der Waals surface area (Å²) in [5, 5.41) is 8.96. The van der Waals surface area contributed by atoms with E-state index >= 15 is 0 Å². The van der Waals surface area contributed by atoms with Gasteiger partial charge in [-0.2, -0.15) is 0 Å². The van der Waals surface area contributed by atoms with Crippen molar-refractivity contribution in [3.8, 4) is 11.4 Å². The van der Waals surface area contributed by atoms with Gasteiger partial charge in [-0.05, 0) is 40.2 Å². The van der Waals surface area contributed by atoms with E-state index in [4.69, 9.17) is 5.11 Å². The minimum Gasteiger partial charge on any atom is -0.390 e. The van der Waals surface area contributed by atoms with Crippen molar-refractivity contribution in [3.63, 3.8) is 0 Å². The van der Waals surface area contributed by atoms with E-state index in [1.165, 1.54) is 12.1 Å². The number of imidazole rings is 1. The van der Waals surface area contributed by atoms with Gasteiger partial charge in [-0.15, -0.1) is 0 Å². The lowest BCUT2D eigenvalue weighted by Gasteiger charge is -1.95. The molecule has 15 heavy (non-hydrogen) atoms. The van der Waals surface area contributed by atoms with Crippen molar-refractivity contribution in [2.24, 2.45) is 0 Å². The number of aromatic amines is 1. The van der Waals surface area contributed by atoms with Crippen molar-refractivity contribution in [2.75, 3.05) is 0 Å². The minimum atomic E-state index is -0.285. The molecule has 0 saturated carbocycles. The fourth-order valence-corrected chi connectivity index (χ4v) is 1.64. The topological polar surface area (TPSA) is 48.9 Å². The number of nitrogens with one attached hydrogen (secondary N) is 1. The van der Waals surface area contributed by atoms with Crippen LogP contribution in [0.15, 0.2) is 28.9 Å². The van der Waals surface area contributed by atoms with Crippen LogP contribution in [0.4, 0.5) is 4.39 Å². The summed E-state index contributed by atoms with van der Waals surface area (Å²) in [6, 6.07) is 5.98. The summed E-state index contributed by atoms with van der Waals surface area (Å²) in [7, 11) is 0. The highest BCUT2D eigenvalue weighted by Crippen LogP contribution is 2.21. The number of hydrogen-bond acceptors (Lipinski definition) is 2. The molecule has 2 N–H and O–H groups in total. The van der Waals surface area contributed by atoms with Gasteiger partial charge in [-0.25, -0.2) is 9.37 Å². The number of aliphatic hydroxyl groups excluding tert-OH is 1. The molecule has 0 fully saturated rings. The monoisotopic (exact) mass is 270 g/mol. The summed E-state index contributed by atoms with van der Waals surface area (Å²) in [5.41, 5.74) is 1.38. The van der Waals surface area contributed by atoms with Gasteiger partial charge in [-0.3, -0.25) is 0 Å². The molecule has 1 heterocycles. The average Bonchev–Trinajstić information content (AvgIpc) is 2.61. The second kappa shape index (κ2) is 4.12. The first kappa shape index (κ1) is 10.3. The third-order valence-electron chi connectivity index (χ3n) is 2.00. The maximum absolute atomic E-state index is 12.7. The number of aliphatic hydroxyl groups is 1. The first-order valence-electron chi connectivity index (χ1n) is 4.32. The van der Waals surface area contributed by atoms with Crippen molar-refractivity contribution in [1.82, 2.24) is 9.97 Å². The minimum absolute atomic E-state index is 0.116. The highest BCUT2D eigenvalue weighted by Gasteiger charge is 2.08. The molecular weight excluding hydrogens is 263 g/mol. The van der Waals surface area contributed by atoms with E-state index in [0.717, 1.165) is 5.56 Å². The average molecular weight is 271 g/mol. The van der Waals surface area contributed by atoms with Crippen LogP contribution in [0.5, 0.6) is 0 Å². The van der Waals surface area contributed by atoms with E-state index in [1.807, 2.05) is 0 Å². The van der Waals surface area contributed by atoms with Gasteiger partial charge in [0.1, 0.15) is 16.2 Å². The summed E-state index contributed by atoms with van der Waals surface area (Å²) < 4.78 is 13.2. The second-order valence-corrected chi connectivity index (χ2v) is 3.77. The number of H-pyrrole nitrogens is 1. The van der Waals surface area contributed by atoms with Crippen LogP contribution in [-0.4, -0.2) is 15.1 Å². The molecule has 2 aromatic rings. The molecule has 0 spiro atoms. The van der Waals surface area contributed by atoms with Crippen molar-refractivity contribution in [3.05, 3.63) is 40.4 Å². The van der Waals surface area contributed by atoms with E-state index in [9.17, 15) is 4.39 Å². The smallest absolute Gasteiger partial charge is 0.138 e. The van der Waals surface area contributed by atoms with Crippen LogP contribution in [-0.2, 0) is 6.61 Å². The number of aromatic nitrogens is 2. The van der Waals surface area contributed by atoms with Crippen LogP contribution in [0, 0.1) is 5.82 Å². The lowest BCUT2D eigenvalue weighted by Crippen LogP contribution is -1.84. The number of halogens is 2. The molecule has 0 aliphatic carbocycles. The molecule has 2 rings (SSSR count). The predicted octanol–water partition coefficient (Wildman–Crippen LogP) is 2.47. The van der Waals surface area contributed by atoms with Crippen LogP contribution in [0.2, 0.25) is 0 Å². The highest BCUT2D eigenvalue weighted by atomic mass is 79.9. The molecule has 5 heteroatoms. The molecule has 0 radical (unpaired) electrons. The molecule has 0 aliphatic heterocycles. The van der Waals surface area contributed by atoms with E-state index in [2.05, 4.69) is 25.9 Å². The van der Waals surface area contributed by atoms with Crippen molar-refractivity contribution in [2.45, 2.75) is 6.61 Å². The van der Waals surface area contributed by atoms with Gasteiger partial charge in [0.05, 0.1) is 12.3 Å². The van der Waals surface area contributed by atoms with Crippen molar-refractivity contribution >= 4 is 15.9 Å². The van der Waals surface area contributed by atoms with Crippen LogP contribution in [0.25, 0.3) is 11.4 Å². The van der Waals surface area contributed by atoms with E-state index in [1.54, 1.807) is 12.1 Å². The molecule has 78 valence electrons. The Morgan fingerprint density at radius 1 is 1.33 bits per heavy atom.